The summed E-state index contributed by atoms with van der Waals surface area (Å²) in [5.74, 6) is -4.73. The van der Waals surface area contributed by atoms with Gasteiger partial charge in [0.2, 0.25) is 5.91 Å². The Bertz CT molecular complexity index is 1230. The number of hydrogen-bond donors (Lipinski definition) is 3. The molecule has 12 nitrogen and oxygen atoms in total. The first kappa shape index (κ1) is 35.7. The van der Waals surface area contributed by atoms with Gasteiger partial charge >= 0.3 is 24.3 Å². The molecular formula is C23H27ClF6N6O6S. The van der Waals surface area contributed by atoms with Gasteiger partial charge in [-0.15, -0.1) is 11.8 Å². The fourth-order valence-electron chi connectivity index (χ4n) is 3.83. The van der Waals surface area contributed by atoms with Crippen molar-refractivity contribution in [3.8, 4) is 6.07 Å². The minimum absolute atomic E-state index is 0.0212. The van der Waals surface area contributed by atoms with Crippen LogP contribution in [0.3, 0.4) is 0 Å². The number of nitrogens with zero attached hydrogens (tertiary/aromatic N) is 5. The van der Waals surface area contributed by atoms with Crippen LogP contribution in [0.4, 0.5) is 32.0 Å². The van der Waals surface area contributed by atoms with E-state index in [4.69, 9.17) is 36.0 Å². The summed E-state index contributed by atoms with van der Waals surface area (Å²) in [6, 6.07) is 9.62. The molecule has 0 saturated carbocycles. The number of carboxylic acid groups (broad SMARTS) is 2. The van der Waals surface area contributed by atoms with Gasteiger partial charge in [0.1, 0.15) is 6.04 Å². The molecule has 1 aromatic heterocycles. The second-order valence-electron chi connectivity index (χ2n) is 9.03. The topological polar surface area (TPSA) is 157 Å². The van der Waals surface area contributed by atoms with E-state index in [9.17, 15) is 36.4 Å². The number of nitrogens with one attached hydrogen (secondary N) is 1. The number of carbonyl (C=O) groups excluding carboxylic acids is 1. The van der Waals surface area contributed by atoms with Crippen LogP contribution in [0.25, 0.3) is 0 Å². The standard InChI is InChI=1S/C19H25ClN6O2S.2C2HF3O2/c1-2-19-24(17(11-21)13-29-19)26-25(28-26)16-7-9-23(10-8-16)12-18(27)22-15-5-3-14(20)4-6-15;2*3-2(4,5)1(6)7/h3-6,16-17,19H,2,7-10,12-13H2,1H3,(H,22,27);2*(H,6,7). The first-order valence-corrected chi connectivity index (χ1v) is 13.8. The molecule has 2 aliphatic heterocycles. The Balaban J connectivity index is 0.000000384. The molecule has 2 atom stereocenters. The van der Waals surface area contributed by atoms with Crippen LogP contribution in [0.5, 0.6) is 0 Å². The Morgan fingerprint density at radius 3 is 2.02 bits per heavy atom. The van der Waals surface area contributed by atoms with E-state index in [0.29, 0.717) is 11.6 Å². The van der Waals surface area contributed by atoms with Gasteiger partial charge in [-0.25, -0.2) is 19.2 Å². The summed E-state index contributed by atoms with van der Waals surface area (Å²) in [4.78, 5) is 35.9. The number of nitriles is 1. The smallest absolute Gasteiger partial charge is 0.475 e. The van der Waals surface area contributed by atoms with Gasteiger partial charge in [0.05, 0.1) is 24.0 Å². The Morgan fingerprint density at radius 1 is 1.07 bits per heavy atom. The third-order valence-electron chi connectivity index (χ3n) is 5.91. The highest BCUT2D eigenvalue weighted by molar-refractivity contribution is 8.00. The number of amides is 1. The summed E-state index contributed by atoms with van der Waals surface area (Å²) < 4.78 is 69.2. The van der Waals surface area contributed by atoms with Crippen molar-refractivity contribution in [2.24, 2.45) is 0 Å². The Hall–Kier alpha value is -3.50. The van der Waals surface area contributed by atoms with E-state index < -0.39 is 24.3 Å². The molecule has 43 heavy (non-hydrogen) atoms. The lowest BCUT2D eigenvalue weighted by molar-refractivity contribution is -0.193. The summed E-state index contributed by atoms with van der Waals surface area (Å²) in [6.45, 7) is 4.17. The maximum atomic E-state index is 12.3. The van der Waals surface area contributed by atoms with Gasteiger partial charge in [-0.1, -0.05) is 23.4 Å². The third kappa shape index (κ3) is 11.3. The van der Waals surface area contributed by atoms with Crippen LogP contribution in [0.2, 0.25) is 5.02 Å². The van der Waals surface area contributed by atoms with Crippen molar-refractivity contribution >= 4 is 46.9 Å². The zero-order valence-corrected chi connectivity index (χ0v) is 23.9. The van der Waals surface area contributed by atoms with Crippen molar-refractivity contribution in [3.05, 3.63) is 29.3 Å². The number of thioether (sulfide) groups is 1. The van der Waals surface area contributed by atoms with Crippen molar-refractivity contribution in [3.63, 3.8) is 0 Å². The summed E-state index contributed by atoms with van der Waals surface area (Å²) in [7, 11) is 0. The van der Waals surface area contributed by atoms with E-state index in [1.807, 2.05) is 4.85 Å². The Morgan fingerprint density at radius 2 is 1.58 bits per heavy atom. The summed E-state index contributed by atoms with van der Waals surface area (Å²) in [6.07, 6.45) is -7.36. The Kier molecular flexibility index (Phi) is 12.7. The van der Waals surface area contributed by atoms with Crippen molar-refractivity contribution in [2.75, 3.05) is 35.7 Å². The fraction of sp³-hybridized carbons (Fsp3) is 0.565. The lowest BCUT2D eigenvalue weighted by Crippen LogP contribution is -2.43. The maximum absolute atomic E-state index is 12.3. The van der Waals surface area contributed by atoms with E-state index in [1.54, 1.807) is 41.0 Å². The zero-order valence-electron chi connectivity index (χ0n) is 22.3. The van der Waals surface area contributed by atoms with Crippen LogP contribution in [0.15, 0.2) is 28.9 Å². The number of halogens is 7. The molecule has 2 saturated heterocycles. The molecule has 0 bridgehead atoms. The van der Waals surface area contributed by atoms with E-state index in [0.717, 1.165) is 43.8 Å². The number of hydrogen-bond acceptors (Lipinski definition) is 8. The number of alkyl halides is 6. The van der Waals surface area contributed by atoms with E-state index >= 15 is 0 Å². The third-order valence-corrected chi connectivity index (χ3v) is 7.60. The molecule has 3 heterocycles. The average Bonchev–Trinajstić information content (AvgIpc) is 3.60. The molecule has 1 aromatic carbocycles. The number of carbonyl (C=O) groups is 3. The maximum Gasteiger partial charge on any atom is 0.490 e. The zero-order chi connectivity index (χ0) is 32.5. The first-order chi connectivity index (χ1) is 20.0. The van der Waals surface area contributed by atoms with E-state index in [-0.39, 0.29) is 23.4 Å². The van der Waals surface area contributed by atoms with Gasteiger partial charge in [-0.05, 0) is 43.5 Å². The summed E-state index contributed by atoms with van der Waals surface area (Å²) >= 11 is 7.68. The van der Waals surface area contributed by atoms with Gasteiger partial charge in [0.15, 0.2) is 0 Å². The second kappa shape index (κ2) is 15.3. The minimum Gasteiger partial charge on any atom is -0.475 e. The molecule has 2 aromatic rings. The number of piperidine rings is 1. The molecule has 240 valence electrons. The highest BCUT2D eigenvalue weighted by atomic mass is 35.5. The molecule has 2 fully saturated rings. The summed E-state index contributed by atoms with van der Waals surface area (Å²) in [5.41, 5.74) is 0.753. The van der Waals surface area contributed by atoms with Crippen LogP contribution in [0.1, 0.15) is 32.2 Å². The quantitative estimate of drug-likeness (QED) is 0.379. The predicted octanol–water partition coefficient (Wildman–Crippen LogP) is 4.39. The highest BCUT2D eigenvalue weighted by Crippen LogP contribution is 2.33. The minimum atomic E-state index is -5.08. The fourth-order valence-corrected chi connectivity index (χ4v) is 5.20. The lowest BCUT2D eigenvalue weighted by atomic mass is 10.1. The Labute approximate surface area is 249 Å². The van der Waals surface area contributed by atoms with Gasteiger partial charge in [-0.3, -0.25) is 9.69 Å². The SMILES string of the molecule is CCC1SCC(C#N)N1n1on1C1CCN(CC(=O)Nc2ccc(Cl)cc2)CC1.O=C(O)C(F)(F)F.O=C(O)C(F)(F)F. The molecule has 2 unspecified atom stereocenters. The monoisotopic (exact) mass is 664 g/mol. The lowest BCUT2D eigenvalue weighted by Gasteiger charge is -2.29. The molecule has 3 N–H and O–H groups in total. The number of benzene rings is 1. The molecule has 2 aliphatic rings. The van der Waals surface area contributed by atoms with Crippen molar-refractivity contribution < 1.29 is 55.6 Å². The van der Waals surface area contributed by atoms with E-state index in [1.165, 1.54) is 0 Å². The molecule has 0 spiro atoms. The molecule has 4 rings (SSSR count). The number of aliphatic carboxylic acids is 2. The summed E-state index contributed by atoms with van der Waals surface area (Å²) in [5, 5.41) is 29.5. The van der Waals surface area contributed by atoms with Crippen molar-refractivity contribution in [1.82, 2.24) is 14.7 Å². The van der Waals surface area contributed by atoms with Gasteiger partial charge in [0, 0.05) is 34.5 Å². The van der Waals surface area contributed by atoms with E-state index in [2.05, 4.69) is 28.2 Å². The number of likely N-dealkylation sites (tertiary alicyclic amines) is 1. The number of aromatic nitrogens is 2. The van der Waals surface area contributed by atoms with Crippen LogP contribution in [-0.2, 0) is 14.4 Å². The number of carboxylic acids is 2. The second-order valence-corrected chi connectivity index (χ2v) is 10.7. The largest absolute Gasteiger partial charge is 0.490 e. The predicted molar refractivity (Wildman–Crippen MR) is 141 cm³/mol. The first-order valence-electron chi connectivity index (χ1n) is 12.4. The van der Waals surface area contributed by atoms with Crippen LogP contribution >= 0.6 is 23.4 Å². The number of anilines is 1. The van der Waals surface area contributed by atoms with Crippen LogP contribution in [-0.4, -0.2) is 91.9 Å². The van der Waals surface area contributed by atoms with Crippen molar-refractivity contribution in [1.29, 1.82) is 5.26 Å². The molecule has 0 radical (unpaired) electrons. The van der Waals surface area contributed by atoms with Crippen LogP contribution < -0.4 is 10.3 Å². The van der Waals surface area contributed by atoms with Crippen molar-refractivity contribution in [2.45, 2.75) is 56.0 Å². The van der Waals surface area contributed by atoms with Gasteiger partial charge in [-0.2, -0.15) is 31.6 Å². The average molecular weight is 665 g/mol. The van der Waals surface area contributed by atoms with Gasteiger partial charge in [0.25, 0.3) is 0 Å². The number of rotatable bonds is 6. The highest BCUT2D eigenvalue weighted by Gasteiger charge is 2.41. The molecular weight excluding hydrogens is 638 g/mol. The van der Waals surface area contributed by atoms with Gasteiger partial charge < -0.3 is 15.5 Å². The normalized spacial score (nSPS) is 19.5. The molecule has 20 heteroatoms. The molecule has 1 amide bonds. The van der Waals surface area contributed by atoms with Crippen LogP contribution in [0, 0.1) is 11.3 Å². The molecule has 0 aliphatic carbocycles.